The van der Waals surface area contributed by atoms with Crippen molar-refractivity contribution in [2.45, 2.75) is 0 Å². The molecular weight excluding hydrogens is 258 g/mol. The van der Waals surface area contributed by atoms with Crippen LogP contribution in [0.1, 0.15) is 0 Å². The molecule has 2 rings (SSSR count). The highest BCUT2D eigenvalue weighted by Crippen LogP contribution is 2.13. The minimum absolute atomic E-state index is 0.229. The van der Waals surface area contributed by atoms with Crippen LogP contribution in [0.25, 0.3) is 0 Å². The molecule has 0 spiro atoms. The molecule has 1 amide bonds. The van der Waals surface area contributed by atoms with E-state index in [0.29, 0.717) is 5.75 Å². The molecule has 0 bridgehead atoms. The molecular formula is C14H19N3OS. The molecule has 2 heterocycles. The van der Waals surface area contributed by atoms with Gasteiger partial charge in [-0.1, -0.05) is 12.1 Å². The van der Waals surface area contributed by atoms with E-state index in [1.165, 1.54) is 0 Å². The monoisotopic (exact) mass is 277 g/mol. The summed E-state index contributed by atoms with van der Waals surface area (Å²) < 4.78 is 0. The third-order valence-corrected chi connectivity index (χ3v) is 3.99. The molecule has 1 aromatic heterocycles. The van der Waals surface area contributed by atoms with E-state index in [9.17, 15) is 4.79 Å². The lowest BCUT2D eigenvalue weighted by molar-refractivity contribution is -0.128. The Labute approximate surface area is 118 Å². The largest absolute Gasteiger partial charge is 0.353 e. The predicted octanol–water partition coefficient (Wildman–Crippen LogP) is 1.65. The Hall–Kier alpha value is -1.49. The van der Waals surface area contributed by atoms with Gasteiger partial charge in [-0.3, -0.25) is 4.79 Å². The second kappa shape index (κ2) is 7.19. The first-order chi connectivity index (χ1) is 9.31. The maximum atomic E-state index is 12.0. The fourth-order valence-corrected chi connectivity index (χ4v) is 2.69. The molecule has 5 heteroatoms. The Kier molecular flexibility index (Phi) is 5.27. The summed E-state index contributed by atoms with van der Waals surface area (Å²) in [5.41, 5.74) is 0. The van der Waals surface area contributed by atoms with Gasteiger partial charge in [-0.25, -0.2) is 4.98 Å². The number of thioether (sulfide) groups is 1. The van der Waals surface area contributed by atoms with E-state index in [2.05, 4.69) is 16.5 Å². The first-order valence-electron chi connectivity index (χ1n) is 6.43. The van der Waals surface area contributed by atoms with E-state index in [0.717, 1.165) is 37.7 Å². The van der Waals surface area contributed by atoms with Crippen molar-refractivity contribution >= 4 is 23.5 Å². The van der Waals surface area contributed by atoms with E-state index in [1.54, 1.807) is 18.0 Å². The summed E-state index contributed by atoms with van der Waals surface area (Å²) in [6, 6.07) is 5.92. The van der Waals surface area contributed by atoms with Crippen LogP contribution in [0.5, 0.6) is 0 Å². The molecule has 1 fully saturated rings. The average molecular weight is 277 g/mol. The zero-order chi connectivity index (χ0) is 13.5. The molecule has 1 saturated heterocycles. The fraction of sp³-hybridized carbons (Fsp3) is 0.429. The molecule has 1 aromatic rings. The topological polar surface area (TPSA) is 36.4 Å². The summed E-state index contributed by atoms with van der Waals surface area (Å²) >= 11 is 1.62. The van der Waals surface area contributed by atoms with E-state index in [-0.39, 0.29) is 5.91 Å². The van der Waals surface area contributed by atoms with Crippen molar-refractivity contribution in [2.24, 2.45) is 0 Å². The number of hydrogen-bond donors (Lipinski definition) is 0. The second-order valence-electron chi connectivity index (χ2n) is 4.36. The Morgan fingerprint density at radius 3 is 2.79 bits per heavy atom. The minimum Gasteiger partial charge on any atom is -0.353 e. The normalized spacial score (nSPS) is 15.4. The van der Waals surface area contributed by atoms with Gasteiger partial charge in [0.25, 0.3) is 0 Å². The first-order valence-corrected chi connectivity index (χ1v) is 7.59. The van der Waals surface area contributed by atoms with Crippen LogP contribution in [0.15, 0.2) is 37.1 Å². The van der Waals surface area contributed by atoms with Gasteiger partial charge >= 0.3 is 0 Å². The fourth-order valence-electron chi connectivity index (χ4n) is 2.05. The van der Waals surface area contributed by atoms with Gasteiger partial charge in [0.05, 0.1) is 5.75 Å². The van der Waals surface area contributed by atoms with Crippen molar-refractivity contribution < 1.29 is 4.79 Å². The Morgan fingerprint density at radius 1 is 1.37 bits per heavy atom. The highest BCUT2D eigenvalue weighted by atomic mass is 32.2. The molecule has 0 unspecified atom stereocenters. The summed E-state index contributed by atoms with van der Waals surface area (Å²) in [6.45, 7) is 6.93. The van der Waals surface area contributed by atoms with Crippen molar-refractivity contribution in [2.75, 3.05) is 42.6 Å². The van der Waals surface area contributed by atoms with Gasteiger partial charge in [-0.05, 0) is 12.1 Å². The van der Waals surface area contributed by atoms with Gasteiger partial charge < -0.3 is 9.80 Å². The van der Waals surface area contributed by atoms with Gasteiger partial charge in [0.15, 0.2) is 0 Å². The van der Waals surface area contributed by atoms with E-state index < -0.39 is 0 Å². The Morgan fingerprint density at radius 2 is 2.16 bits per heavy atom. The Bertz CT molecular complexity index is 416. The summed E-state index contributed by atoms with van der Waals surface area (Å²) in [5, 5.41) is 0. The maximum Gasteiger partial charge on any atom is 0.232 e. The van der Waals surface area contributed by atoms with Crippen LogP contribution in [0, 0.1) is 0 Å². The van der Waals surface area contributed by atoms with E-state index in [4.69, 9.17) is 0 Å². The van der Waals surface area contributed by atoms with Crippen molar-refractivity contribution in [3.05, 3.63) is 37.1 Å². The summed E-state index contributed by atoms with van der Waals surface area (Å²) in [6.07, 6.45) is 3.63. The molecule has 0 radical (unpaired) electrons. The molecule has 1 aliphatic heterocycles. The maximum absolute atomic E-state index is 12.0. The van der Waals surface area contributed by atoms with Crippen LogP contribution in [-0.4, -0.2) is 53.5 Å². The number of anilines is 1. The van der Waals surface area contributed by atoms with Crippen molar-refractivity contribution in [1.29, 1.82) is 0 Å². The van der Waals surface area contributed by atoms with Crippen LogP contribution < -0.4 is 4.90 Å². The number of nitrogens with zero attached hydrogens (tertiary/aromatic N) is 3. The van der Waals surface area contributed by atoms with Crippen molar-refractivity contribution in [3.63, 3.8) is 0 Å². The minimum atomic E-state index is 0.229. The zero-order valence-electron chi connectivity index (χ0n) is 11.0. The van der Waals surface area contributed by atoms with Crippen molar-refractivity contribution in [3.8, 4) is 0 Å². The highest BCUT2D eigenvalue weighted by Gasteiger charge is 2.21. The highest BCUT2D eigenvalue weighted by molar-refractivity contribution is 8.00. The number of aromatic nitrogens is 1. The van der Waals surface area contributed by atoms with E-state index in [1.807, 2.05) is 29.2 Å². The molecule has 0 saturated carbocycles. The number of carbonyl (C=O) groups is 1. The van der Waals surface area contributed by atoms with Gasteiger partial charge in [0.1, 0.15) is 5.82 Å². The molecule has 102 valence electrons. The predicted molar refractivity (Wildman–Crippen MR) is 80.6 cm³/mol. The molecule has 0 N–H and O–H groups in total. The first kappa shape index (κ1) is 13.9. The average Bonchev–Trinajstić information content (AvgIpc) is 2.48. The number of hydrogen-bond acceptors (Lipinski definition) is 4. The van der Waals surface area contributed by atoms with Crippen LogP contribution in [0.4, 0.5) is 5.82 Å². The van der Waals surface area contributed by atoms with Crippen LogP contribution in [0.3, 0.4) is 0 Å². The number of carbonyl (C=O) groups excluding carboxylic acids is 1. The number of pyridine rings is 1. The standard InChI is InChI=1S/C14H19N3OS/c1-2-11-19-12-14(18)17-9-7-16(8-10-17)13-5-3-4-6-15-13/h2-6H,1,7-12H2. The van der Waals surface area contributed by atoms with Crippen LogP contribution >= 0.6 is 11.8 Å². The smallest absolute Gasteiger partial charge is 0.232 e. The van der Waals surface area contributed by atoms with Gasteiger partial charge in [0.2, 0.25) is 5.91 Å². The summed E-state index contributed by atoms with van der Waals surface area (Å²) in [7, 11) is 0. The lowest BCUT2D eigenvalue weighted by Gasteiger charge is -2.35. The number of piperazine rings is 1. The van der Waals surface area contributed by atoms with Gasteiger partial charge in [-0.15, -0.1) is 18.3 Å². The molecule has 19 heavy (non-hydrogen) atoms. The quantitative estimate of drug-likeness (QED) is 0.606. The van der Waals surface area contributed by atoms with Crippen molar-refractivity contribution in [1.82, 2.24) is 9.88 Å². The number of amides is 1. The summed E-state index contributed by atoms with van der Waals surface area (Å²) in [4.78, 5) is 20.5. The van der Waals surface area contributed by atoms with Crippen LogP contribution in [0.2, 0.25) is 0 Å². The summed E-state index contributed by atoms with van der Waals surface area (Å²) in [5.74, 6) is 2.61. The lowest BCUT2D eigenvalue weighted by atomic mass is 10.3. The molecule has 4 nitrogen and oxygen atoms in total. The van der Waals surface area contributed by atoms with E-state index >= 15 is 0 Å². The SMILES string of the molecule is C=CCSCC(=O)N1CCN(c2ccccn2)CC1. The second-order valence-corrected chi connectivity index (χ2v) is 5.39. The third kappa shape index (κ3) is 3.99. The Balaban J connectivity index is 1.79. The molecule has 0 aliphatic carbocycles. The molecule has 1 aliphatic rings. The lowest BCUT2D eigenvalue weighted by Crippen LogP contribution is -2.49. The van der Waals surface area contributed by atoms with Gasteiger partial charge in [-0.2, -0.15) is 0 Å². The molecule has 0 aromatic carbocycles. The van der Waals surface area contributed by atoms with Crippen LogP contribution in [-0.2, 0) is 4.79 Å². The van der Waals surface area contributed by atoms with Gasteiger partial charge in [0, 0.05) is 38.1 Å². The third-order valence-electron chi connectivity index (χ3n) is 3.07. The number of rotatable bonds is 5. The zero-order valence-corrected chi connectivity index (χ0v) is 11.8. The molecule has 0 atom stereocenters.